The molecule has 0 radical (unpaired) electrons. The molecule has 2 rings (SSSR count). The van der Waals surface area contributed by atoms with E-state index < -0.39 is 5.97 Å². The van der Waals surface area contributed by atoms with E-state index >= 15 is 0 Å². The number of carbonyl (C=O) groups is 2. The van der Waals surface area contributed by atoms with Crippen LogP contribution in [0.3, 0.4) is 0 Å². The molecule has 23 heavy (non-hydrogen) atoms. The summed E-state index contributed by atoms with van der Waals surface area (Å²) in [7, 11) is 0. The smallest absolute Gasteiger partial charge is 0.326 e. The standard InChI is InChI=1S/C17H19NO3S2/c1-2-3-7-10-21-15(19)12-18-16(20)14(23-17(18)22)11-13-8-5-4-6-9-13/h4-6,8-9,11H,2-3,7,10,12H2,1H3. The Balaban J connectivity index is 1.94. The summed E-state index contributed by atoms with van der Waals surface area (Å²) in [6.07, 6.45) is 4.71. The number of unbranched alkanes of at least 4 members (excludes halogenated alkanes) is 2. The predicted octanol–water partition coefficient (Wildman–Crippen LogP) is 3.62. The van der Waals surface area contributed by atoms with Gasteiger partial charge in [0.1, 0.15) is 10.9 Å². The lowest BCUT2D eigenvalue weighted by Crippen LogP contribution is -2.34. The molecule has 1 aromatic rings. The molecule has 1 fully saturated rings. The lowest BCUT2D eigenvalue weighted by atomic mass is 10.2. The van der Waals surface area contributed by atoms with Gasteiger partial charge in [-0.25, -0.2) is 0 Å². The van der Waals surface area contributed by atoms with Crippen LogP contribution >= 0.6 is 24.0 Å². The van der Waals surface area contributed by atoms with Gasteiger partial charge in [0.25, 0.3) is 5.91 Å². The largest absolute Gasteiger partial charge is 0.464 e. The number of hydrogen-bond donors (Lipinski definition) is 0. The van der Waals surface area contributed by atoms with Crippen LogP contribution in [0.4, 0.5) is 0 Å². The van der Waals surface area contributed by atoms with E-state index in [1.807, 2.05) is 30.3 Å². The second-order valence-electron chi connectivity index (χ2n) is 5.11. The Hall–Kier alpha value is -1.66. The molecule has 1 heterocycles. The van der Waals surface area contributed by atoms with Crippen LogP contribution in [0.25, 0.3) is 6.08 Å². The number of thiocarbonyl (C=S) groups is 1. The molecule has 0 unspecified atom stereocenters. The van der Waals surface area contributed by atoms with E-state index in [0.29, 0.717) is 15.8 Å². The molecule has 6 heteroatoms. The molecule has 0 aliphatic carbocycles. The monoisotopic (exact) mass is 349 g/mol. The van der Waals surface area contributed by atoms with Gasteiger partial charge in [-0.1, -0.05) is 74.1 Å². The molecule has 0 atom stereocenters. The van der Waals surface area contributed by atoms with Crippen molar-refractivity contribution in [3.05, 3.63) is 40.8 Å². The van der Waals surface area contributed by atoms with Crippen LogP contribution in [-0.2, 0) is 14.3 Å². The maximum absolute atomic E-state index is 12.4. The fraction of sp³-hybridized carbons (Fsp3) is 0.353. The summed E-state index contributed by atoms with van der Waals surface area (Å²) < 4.78 is 5.53. The van der Waals surface area contributed by atoms with Crippen LogP contribution in [0, 0.1) is 0 Å². The molecule has 0 bridgehead atoms. The van der Waals surface area contributed by atoms with Gasteiger partial charge < -0.3 is 4.74 Å². The third kappa shape index (κ3) is 5.18. The number of amides is 1. The Morgan fingerprint density at radius 2 is 2.04 bits per heavy atom. The first kappa shape index (κ1) is 17.7. The zero-order valence-corrected chi connectivity index (χ0v) is 14.6. The zero-order valence-electron chi connectivity index (χ0n) is 13.0. The van der Waals surface area contributed by atoms with Crippen LogP contribution < -0.4 is 0 Å². The summed E-state index contributed by atoms with van der Waals surface area (Å²) in [4.78, 5) is 26.0. The lowest BCUT2D eigenvalue weighted by Gasteiger charge is -2.13. The molecule has 1 aromatic carbocycles. The first-order valence-electron chi connectivity index (χ1n) is 7.58. The second-order valence-corrected chi connectivity index (χ2v) is 6.78. The van der Waals surface area contributed by atoms with Crippen molar-refractivity contribution in [2.45, 2.75) is 26.2 Å². The van der Waals surface area contributed by atoms with E-state index in [-0.39, 0.29) is 12.5 Å². The van der Waals surface area contributed by atoms with Gasteiger partial charge >= 0.3 is 5.97 Å². The summed E-state index contributed by atoms with van der Waals surface area (Å²) in [5.41, 5.74) is 0.926. The Kier molecular flexibility index (Phi) is 6.80. The van der Waals surface area contributed by atoms with Crippen LogP contribution in [-0.4, -0.2) is 34.2 Å². The van der Waals surface area contributed by atoms with Crippen molar-refractivity contribution in [1.82, 2.24) is 4.90 Å². The lowest BCUT2D eigenvalue weighted by molar-refractivity contribution is -0.146. The van der Waals surface area contributed by atoms with Crippen LogP contribution in [0.5, 0.6) is 0 Å². The third-order valence-corrected chi connectivity index (χ3v) is 4.65. The SMILES string of the molecule is CCCCCOC(=O)CN1C(=O)C(=Cc2ccccc2)SC1=S. The predicted molar refractivity (Wildman–Crippen MR) is 96.8 cm³/mol. The number of benzene rings is 1. The highest BCUT2D eigenvalue weighted by Gasteiger charge is 2.33. The van der Waals surface area contributed by atoms with Gasteiger partial charge in [-0.3, -0.25) is 14.5 Å². The summed E-state index contributed by atoms with van der Waals surface area (Å²) in [6, 6.07) is 9.54. The molecule has 1 saturated heterocycles. The average molecular weight is 349 g/mol. The van der Waals surface area contributed by atoms with Crippen LogP contribution in [0.2, 0.25) is 0 Å². The van der Waals surface area contributed by atoms with Crippen LogP contribution in [0.1, 0.15) is 31.7 Å². The van der Waals surface area contributed by atoms with E-state index in [1.54, 1.807) is 6.08 Å². The highest BCUT2D eigenvalue weighted by atomic mass is 32.2. The minimum Gasteiger partial charge on any atom is -0.464 e. The summed E-state index contributed by atoms with van der Waals surface area (Å²) in [6.45, 7) is 2.35. The molecule has 1 amide bonds. The fourth-order valence-corrected chi connectivity index (χ4v) is 3.30. The van der Waals surface area contributed by atoms with Gasteiger partial charge in [-0.05, 0) is 18.1 Å². The molecule has 0 saturated carbocycles. The second kappa shape index (κ2) is 8.84. The normalized spacial score (nSPS) is 16.2. The first-order chi connectivity index (χ1) is 11.1. The fourth-order valence-electron chi connectivity index (χ4n) is 2.05. The summed E-state index contributed by atoms with van der Waals surface area (Å²) in [5.74, 6) is -0.660. The summed E-state index contributed by atoms with van der Waals surface area (Å²) in [5, 5.41) is 0. The third-order valence-electron chi connectivity index (χ3n) is 3.27. The molecule has 0 N–H and O–H groups in total. The average Bonchev–Trinajstić information content (AvgIpc) is 2.80. The Morgan fingerprint density at radius 1 is 1.30 bits per heavy atom. The molecular formula is C17H19NO3S2. The van der Waals surface area contributed by atoms with Crippen molar-refractivity contribution in [2.75, 3.05) is 13.2 Å². The number of ether oxygens (including phenoxy) is 1. The maximum atomic E-state index is 12.4. The van der Waals surface area contributed by atoms with Crippen LogP contribution in [0.15, 0.2) is 35.2 Å². The van der Waals surface area contributed by atoms with E-state index in [2.05, 4.69) is 6.92 Å². The van der Waals surface area contributed by atoms with Crippen molar-refractivity contribution in [3.63, 3.8) is 0 Å². The molecular weight excluding hydrogens is 330 g/mol. The van der Waals surface area contributed by atoms with Gasteiger partial charge in [0.15, 0.2) is 0 Å². The minimum atomic E-state index is -0.418. The Labute approximate surface area is 145 Å². The Bertz CT molecular complexity index is 614. The number of esters is 1. The van der Waals surface area contributed by atoms with Gasteiger partial charge in [0.2, 0.25) is 0 Å². The molecule has 0 aromatic heterocycles. The molecule has 122 valence electrons. The van der Waals surface area contributed by atoms with Crippen molar-refractivity contribution in [1.29, 1.82) is 0 Å². The van der Waals surface area contributed by atoms with Gasteiger partial charge in [0, 0.05) is 0 Å². The molecule has 0 spiro atoms. The maximum Gasteiger partial charge on any atom is 0.326 e. The minimum absolute atomic E-state index is 0.122. The van der Waals surface area contributed by atoms with E-state index in [0.717, 1.165) is 24.8 Å². The number of nitrogens with zero attached hydrogens (tertiary/aromatic N) is 1. The van der Waals surface area contributed by atoms with E-state index in [4.69, 9.17) is 17.0 Å². The number of carbonyl (C=O) groups excluding carboxylic acids is 2. The van der Waals surface area contributed by atoms with Gasteiger partial charge in [-0.15, -0.1) is 0 Å². The molecule has 1 aliphatic rings. The summed E-state index contributed by atoms with van der Waals surface area (Å²) >= 11 is 6.41. The highest BCUT2D eigenvalue weighted by molar-refractivity contribution is 8.26. The topological polar surface area (TPSA) is 46.6 Å². The van der Waals surface area contributed by atoms with Gasteiger partial charge in [0.05, 0.1) is 11.5 Å². The molecule has 1 aliphatic heterocycles. The number of rotatable bonds is 7. The quantitative estimate of drug-likeness (QED) is 0.326. The number of hydrogen-bond acceptors (Lipinski definition) is 5. The van der Waals surface area contributed by atoms with Crippen molar-refractivity contribution < 1.29 is 14.3 Å². The van der Waals surface area contributed by atoms with E-state index in [1.165, 1.54) is 16.7 Å². The Morgan fingerprint density at radius 3 is 2.74 bits per heavy atom. The van der Waals surface area contributed by atoms with Crippen molar-refractivity contribution >= 4 is 46.3 Å². The van der Waals surface area contributed by atoms with Crippen molar-refractivity contribution in [2.24, 2.45) is 0 Å². The zero-order chi connectivity index (χ0) is 16.7. The first-order valence-corrected chi connectivity index (χ1v) is 8.80. The van der Waals surface area contributed by atoms with E-state index in [9.17, 15) is 9.59 Å². The molecule has 4 nitrogen and oxygen atoms in total. The highest BCUT2D eigenvalue weighted by Crippen LogP contribution is 2.32. The number of thioether (sulfide) groups is 1. The van der Waals surface area contributed by atoms with Crippen molar-refractivity contribution in [3.8, 4) is 0 Å². The van der Waals surface area contributed by atoms with Gasteiger partial charge in [-0.2, -0.15) is 0 Å².